The van der Waals surface area contributed by atoms with Gasteiger partial charge >= 0.3 is 0 Å². The first kappa shape index (κ1) is 25.9. The fraction of sp³-hybridized carbons (Fsp3) is 0.478. The predicted molar refractivity (Wildman–Crippen MR) is 140 cm³/mol. The number of hydrogen-bond donors (Lipinski definition) is 3. The third kappa shape index (κ3) is 5.32. The minimum atomic E-state index is -3.08. The number of imidazole rings is 1. The second-order valence-electron chi connectivity index (χ2n) is 9.75. The minimum Gasteiger partial charge on any atom is -0.369 e. The van der Waals surface area contributed by atoms with E-state index in [0.717, 1.165) is 6.07 Å². The SMILES string of the molecule is CS(=O)(=O)C1CC(Nc2ncc3nc(Nc4c(F)cc(Cl)cc4Cl)n([C@H]4CC[C@@H](C(N)=O)CC4)c3n2)C1. The molecule has 5 rings (SSSR count). The van der Waals surface area contributed by atoms with Gasteiger partial charge in [-0.3, -0.25) is 9.36 Å². The van der Waals surface area contributed by atoms with E-state index in [1.54, 1.807) is 6.20 Å². The molecule has 0 radical (unpaired) electrons. The normalized spacial score (nSPS) is 24.0. The Morgan fingerprint density at radius 1 is 1.16 bits per heavy atom. The number of benzene rings is 1. The summed E-state index contributed by atoms with van der Waals surface area (Å²) in [7, 11) is -3.08. The second-order valence-corrected chi connectivity index (χ2v) is 12.9. The predicted octanol–water partition coefficient (Wildman–Crippen LogP) is 4.22. The van der Waals surface area contributed by atoms with Gasteiger partial charge in [0.25, 0.3) is 0 Å². The molecule has 0 unspecified atom stereocenters. The monoisotopic (exact) mass is 569 g/mol. The molecule has 0 atom stereocenters. The van der Waals surface area contributed by atoms with E-state index in [2.05, 4.69) is 25.6 Å². The molecular weight excluding hydrogens is 544 g/mol. The number of hydrogen-bond acceptors (Lipinski definition) is 8. The molecule has 2 saturated carbocycles. The van der Waals surface area contributed by atoms with E-state index in [1.165, 1.54) is 12.3 Å². The molecule has 14 heteroatoms. The fourth-order valence-corrected chi connectivity index (χ4v) is 6.68. The number of nitrogens with two attached hydrogens (primary N) is 1. The maximum atomic E-state index is 14.7. The molecule has 2 aromatic heterocycles. The van der Waals surface area contributed by atoms with Crippen LogP contribution in [0.5, 0.6) is 0 Å². The summed E-state index contributed by atoms with van der Waals surface area (Å²) in [6.45, 7) is 0. The Bertz CT molecular complexity index is 1450. The molecule has 0 aliphatic heterocycles. The van der Waals surface area contributed by atoms with Crippen molar-refractivity contribution in [2.75, 3.05) is 16.9 Å². The highest BCUT2D eigenvalue weighted by molar-refractivity contribution is 7.91. The van der Waals surface area contributed by atoms with Gasteiger partial charge in [0.1, 0.15) is 21.2 Å². The zero-order valence-corrected chi connectivity index (χ0v) is 22.2. The van der Waals surface area contributed by atoms with E-state index in [-0.39, 0.29) is 44.9 Å². The zero-order chi connectivity index (χ0) is 26.5. The summed E-state index contributed by atoms with van der Waals surface area (Å²) in [6.07, 6.45) is 6.29. The van der Waals surface area contributed by atoms with Crippen LogP contribution in [0.4, 0.5) is 22.0 Å². The van der Waals surface area contributed by atoms with Crippen LogP contribution in [0.2, 0.25) is 10.0 Å². The Balaban J connectivity index is 1.48. The number of halogens is 3. The van der Waals surface area contributed by atoms with Crippen molar-refractivity contribution in [2.45, 2.75) is 55.9 Å². The van der Waals surface area contributed by atoms with Crippen molar-refractivity contribution in [3.05, 3.63) is 34.2 Å². The first-order valence-corrected chi connectivity index (χ1v) is 14.6. The van der Waals surface area contributed by atoms with Gasteiger partial charge in [0.2, 0.25) is 17.8 Å². The number of amides is 1. The van der Waals surface area contributed by atoms with Crippen molar-refractivity contribution < 1.29 is 17.6 Å². The lowest BCUT2D eigenvalue weighted by Gasteiger charge is -2.34. The summed E-state index contributed by atoms with van der Waals surface area (Å²) in [5.41, 5.74) is 6.55. The molecule has 37 heavy (non-hydrogen) atoms. The molecule has 0 saturated heterocycles. The van der Waals surface area contributed by atoms with E-state index in [1.807, 2.05) is 4.57 Å². The first-order valence-electron chi connectivity index (χ1n) is 11.9. The third-order valence-corrected chi connectivity index (χ3v) is 9.29. The van der Waals surface area contributed by atoms with Gasteiger partial charge in [0, 0.05) is 29.3 Å². The molecule has 2 heterocycles. The molecule has 1 aromatic carbocycles. The van der Waals surface area contributed by atoms with Crippen molar-refractivity contribution in [3.8, 4) is 0 Å². The fourth-order valence-electron chi connectivity index (χ4n) is 5.00. The summed E-state index contributed by atoms with van der Waals surface area (Å²) in [4.78, 5) is 25.3. The van der Waals surface area contributed by atoms with Gasteiger partial charge in [-0.25, -0.2) is 22.8 Å². The number of anilines is 3. The standard InChI is InChI=1S/C23H26Cl2FN7O3S/c1-37(35,36)15-8-13(9-15)29-22-28-10-18-21(32-22)33(14-4-2-11(3-5-14)20(27)34)23(30-18)31-19-16(25)6-12(24)7-17(19)26/h6-7,10-11,13-15H,2-5,8-9H2,1H3,(H2,27,34)(H,30,31)(H,28,29,32)/t11-,13?,14+,15?. The van der Waals surface area contributed by atoms with Gasteiger partial charge in [-0.1, -0.05) is 23.2 Å². The molecule has 2 aliphatic carbocycles. The maximum absolute atomic E-state index is 14.7. The summed E-state index contributed by atoms with van der Waals surface area (Å²) in [5.74, 6) is -0.471. The van der Waals surface area contributed by atoms with Crippen molar-refractivity contribution in [1.82, 2.24) is 19.5 Å². The topological polar surface area (TPSA) is 145 Å². The number of fused-ring (bicyclic) bond motifs is 1. The smallest absolute Gasteiger partial charge is 0.224 e. The number of rotatable bonds is 7. The summed E-state index contributed by atoms with van der Waals surface area (Å²) >= 11 is 12.2. The number of sulfone groups is 1. The van der Waals surface area contributed by atoms with Crippen LogP contribution in [0.15, 0.2) is 18.3 Å². The van der Waals surface area contributed by atoms with Crippen LogP contribution in [0.3, 0.4) is 0 Å². The van der Waals surface area contributed by atoms with Gasteiger partial charge in [-0.05, 0) is 50.7 Å². The second kappa shape index (κ2) is 9.88. The minimum absolute atomic E-state index is 0.0287. The Morgan fingerprint density at radius 2 is 1.86 bits per heavy atom. The number of primary amides is 1. The summed E-state index contributed by atoms with van der Waals surface area (Å²) < 4.78 is 40.1. The molecular formula is C23H26Cl2FN7O3S. The highest BCUT2D eigenvalue weighted by Crippen LogP contribution is 2.39. The molecule has 2 aliphatic rings. The highest BCUT2D eigenvalue weighted by Gasteiger charge is 2.37. The van der Waals surface area contributed by atoms with E-state index in [9.17, 15) is 17.6 Å². The quantitative estimate of drug-likeness (QED) is 0.383. The molecule has 0 spiro atoms. The van der Waals surface area contributed by atoms with E-state index in [4.69, 9.17) is 28.9 Å². The Morgan fingerprint density at radius 3 is 2.49 bits per heavy atom. The summed E-state index contributed by atoms with van der Waals surface area (Å²) in [6, 6.07) is 2.45. The lowest BCUT2D eigenvalue weighted by atomic mass is 9.85. The van der Waals surface area contributed by atoms with Crippen LogP contribution in [-0.2, 0) is 14.6 Å². The first-order chi connectivity index (χ1) is 17.5. The Kier molecular flexibility index (Phi) is 6.92. The Hall–Kier alpha value is -2.70. The van der Waals surface area contributed by atoms with Gasteiger partial charge in [0.05, 0.1) is 22.2 Å². The molecule has 1 amide bonds. The van der Waals surface area contributed by atoms with Crippen molar-refractivity contribution in [3.63, 3.8) is 0 Å². The third-order valence-electron chi connectivity index (χ3n) is 7.17. The van der Waals surface area contributed by atoms with Crippen molar-refractivity contribution >= 4 is 67.7 Å². The lowest BCUT2D eigenvalue weighted by molar-refractivity contribution is -0.122. The Labute approximate surface area is 223 Å². The number of nitrogens with zero attached hydrogens (tertiary/aromatic N) is 4. The molecule has 10 nitrogen and oxygen atoms in total. The average molecular weight is 570 g/mol. The van der Waals surface area contributed by atoms with Gasteiger partial charge in [-0.2, -0.15) is 4.98 Å². The average Bonchev–Trinajstić information content (AvgIpc) is 3.14. The molecule has 4 N–H and O–H groups in total. The van der Waals surface area contributed by atoms with Gasteiger partial charge < -0.3 is 16.4 Å². The number of carbonyl (C=O) groups is 1. The van der Waals surface area contributed by atoms with E-state index in [0.29, 0.717) is 61.6 Å². The number of nitrogens with one attached hydrogen (secondary N) is 2. The van der Waals surface area contributed by atoms with Crippen LogP contribution in [0.1, 0.15) is 44.6 Å². The van der Waals surface area contributed by atoms with E-state index < -0.39 is 15.7 Å². The molecule has 0 bridgehead atoms. The van der Waals surface area contributed by atoms with Crippen LogP contribution < -0.4 is 16.4 Å². The maximum Gasteiger partial charge on any atom is 0.224 e. The largest absolute Gasteiger partial charge is 0.369 e. The number of aromatic nitrogens is 4. The number of carbonyl (C=O) groups excluding carboxylic acids is 1. The summed E-state index contributed by atoms with van der Waals surface area (Å²) in [5, 5.41) is 6.10. The molecule has 198 valence electrons. The van der Waals surface area contributed by atoms with Crippen LogP contribution in [-0.4, -0.2) is 51.4 Å². The van der Waals surface area contributed by atoms with Crippen molar-refractivity contribution in [2.24, 2.45) is 11.7 Å². The lowest BCUT2D eigenvalue weighted by Crippen LogP contribution is -2.43. The van der Waals surface area contributed by atoms with Gasteiger partial charge in [0.15, 0.2) is 5.65 Å². The van der Waals surface area contributed by atoms with Crippen molar-refractivity contribution in [1.29, 1.82) is 0 Å². The van der Waals surface area contributed by atoms with Gasteiger partial charge in [-0.15, -0.1) is 0 Å². The van der Waals surface area contributed by atoms with Crippen LogP contribution >= 0.6 is 23.2 Å². The highest BCUT2D eigenvalue weighted by atomic mass is 35.5. The molecule has 2 fully saturated rings. The van der Waals surface area contributed by atoms with Crippen LogP contribution in [0.25, 0.3) is 11.2 Å². The zero-order valence-electron chi connectivity index (χ0n) is 19.9. The van der Waals surface area contributed by atoms with Crippen LogP contribution in [0, 0.1) is 11.7 Å². The van der Waals surface area contributed by atoms with E-state index >= 15 is 0 Å². The molecule has 3 aromatic rings.